The van der Waals surface area contributed by atoms with Gasteiger partial charge in [-0.05, 0) is 56.7 Å². The van der Waals surface area contributed by atoms with E-state index in [1.165, 1.54) is 24.9 Å². The molecule has 2 aliphatic heterocycles. The maximum absolute atomic E-state index is 13.2. The van der Waals surface area contributed by atoms with Crippen molar-refractivity contribution in [1.29, 1.82) is 0 Å². The quantitative estimate of drug-likeness (QED) is 0.845. The number of benzene rings is 1. The van der Waals surface area contributed by atoms with E-state index in [1.54, 1.807) is 0 Å². The van der Waals surface area contributed by atoms with Crippen LogP contribution in [-0.4, -0.2) is 48.4 Å². The Hall–Kier alpha value is -1.35. The van der Waals surface area contributed by atoms with Crippen molar-refractivity contribution in [3.63, 3.8) is 0 Å². The lowest BCUT2D eigenvalue weighted by atomic mass is 9.82. The first kappa shape index (κ1) is 17.5. The van der Waals surface area contributed by atoms with Crippen LogP contribution in [0.2, 0.25) is 0 Å². The molecular weight excluding hydrogens is 296 g/mol. The monoisotopic (exact) mass is 328 g/mol. The van der Waals surface area contributed by atoms with E-state index in [0.29, 0.717) is 23.8 Å². The average molecular weight is 329 g/mol. The highest BCUT2D eigenvalue weighted by Crippen LogP contribution is 2.31. The minimum Gasteiger partial charge on any atom is -0.342 e. The molecule has 0 radical (unpaired) electrons. The van der Waals surface area contributed by atoms with Crippen LogP contribution in [0.4, 0.5) is 0 Å². The van der Waals surface area contributed by atoms with Crippen molar-refractivity contribution in [2.45, 2.75) is 45.6 Å². The van der Waals surface area contributed by atoms with E-state index in [9.17, 15) is 4.79 Å². The van der Waals surface area contributed by atoms with E-state index < -0.39 is 0 Å². The van der Waals surface area contributed by atoms with E-state index in [2.05, 4.69) is 55.0 Å². The largest absolute Gasteiger partial charge is 0.342 e. The summed E-state index contributed by atoms with van der Waals surface area (Å²) in [6.45, 7) is 7.49. The molecule has 1 amide bonds. The van der Waals surface area contributed by atoms with Gasteiger partial charge in [-0.25, -0.2) is 0 Å². The molecule has 3 unspecified atom stereocenters. The molecule has 2 saturated heterocycles. The number of amides is 1. The highest BCUT2D eigenvalue weighted by Gasteiger charge is 2.37. The summed E-state index contributed by atoms with van der Waals surface area (Å²) in [5.74, 6) is 1.53. The van der Waals surface area contributed by atoms with E-state index in [0.717, 1.165) is 25.9 Å². The van der Waals surface area contributed by atoms with Crippen LogP contribution in [0.25, 0.3) is 0 Å². The van der Waals surface area contributed by atoms with Crippen LogP contribution in [0.15, 0.2) is 30.3 Å². The maximum atomic E-state index is 13.2. The molecule has 3 rings (SSSR count). The predicted molar refractivity (Wildman–Crippen MR) is 98.8 cm³/mol. The predicted octanol–water partition coefficient (Wildman–Crippen LogP) is 3.44. The van der Waals surface area contributed by atoms with Gasteiger partial charge in [0.15, 0.2) is 0 Å². The van der Waals surface area contributed by atoms with E-state index in [1.807, 2.05) is 6.07 Å². The molecule has 3 nitrogen and oxygen atoms in total. The van der Waals surface area contributed by atoms with Crippen molar-refractivity contribution in [3.8, 4) is 0 Å². The molecule has 0 N–H and O–H groups in total. The van der Waals surface area contributed by atoms with Gasteiger partial charge in [-0.1, -0.05) is 44.2 Å². The average Bonchev–Trinajstić information content (AvgIpc) is 2.59. The summed E-state index contributed by atoms with van der Waals surface area (Å²) in [5, 5.41) is 0. The topological polar surface area (TPSA) is 23.6 Å². The number of nitrogens with zero attached hydrogens (tertiary/aromatic N) is 2. The van der Waals surface area contributed by atoms with Gasteiger partial charge in [0.25, 0.3) is 0 Å². The number of carbonyl (C=O) groups excluding carboxylic acids is 1. The zero-order chi connectivity index (χ0) is 17.1. The van der Waals surface area contributed by atoms with E-state index in [4.69, 9.17) is 0 Å². The Bertz CT molecular complexity index is 542. The second kappa shape index (κ2) is 7.69. The van der Waals surface area contributed by atoms with Crippen LogP contribution in [-0.2, 0) is 11.2 Å². The summed E-state index contributed by atoms with van der Waals surface area (Å²) < 4.78 is 0. The van der Waals surface area contributed by atoms with Gasteiger partial charge < -0.3 is 9.80 Å². The number of hydrogen-bond acceptors (Lipinski definition) is 2. The Kier molecular flexibility index (Phi) is 5.60. The third-order valence-electron chi connectivity index (χ3n) is 6.08. The van der Waals surface area contributed by atoms with Crippen molar-refractivity contribution >= 4 is 5.91 Å². The lowest BCUT2D eigenvalue weighted by molar-refractivity contribution is -0.140. The normalized spacial score (nSPS) is 26.2. The molecule has 2 heterocycles. The fourth-order valence-electron chi connectivity index (χ4n) is 4.56. The Morgan fingerprint density at radius 2 is 1.92 bits per heavy atom. The van der Waals surface area contributed by atoms with Gasteiger partial charge >= 0.3 is 0 Å². The third-order valence-corrected chi connectivity index (χ3v) is 6.08. The Balaban J connectivity index is 1.67. The molecule has 3 atom stereocenters. The minimum atomic E-state index is 0.102. The molecular formula is C21H32N2O. The molecule has 1 aromatic rings. The van der Waals surface area contributed by atoms with Gasteiger partial charge in [0, 0.05) is 25.0 Å². The van der Waals surface area contributed by atoms with Gasteiger partial charge in [-0.3, -0.25) is 4.79 Å². The number of fused-ring (bicyclic) bond motifs is 1. The van der Waals surface area contributed by atoms with Crippen molar-refractivity contribution in [3.05, 3.63) is 35.9 Å². The number of piperidine rings is 2. The maximum Gasteiger partial charge on any atom is 0.226 e. The molecule has 24 heavy (non-hydrogen) atoms. The summed E-state index contributed by atoms with van der Waals surface area (Å²) >= 11 is 0. The second-order valence-electron chi connectivity index (χ2n) is 8.06. The van der Waals surface area contributed by atoms with Crippen molar-refractivity contribution < 1.29 is 4.79 Å². The van der Waals surface area contributed by atoms with E-state index >= 15 is 0 Å². The van der Waals surface area contributed by atoms with Gasteiger partial charge in [0.1, 0.15) is 0 Å². The third kappa shape index (κ3) is 3.83. The van der Waals surface area contributed by atoms with Crippen molar-refractivity contribution in [1.82, 2.24) is 9.80 Å². The summed E-state index contributed by atoms with van der Waals surface area (Å²) in [6, 6.07) is 11.2. The van der Waals surface area contributed by atoms with E-state index in [-0.39, 0.29) is 5.92 Å². The van der Waals surface area contributed by atoms with Crippen molar-refractivity contribution in [2.75, 3.05) is 26.7 Å². The molecule has 2 aliphatic rings. The van der Waals surface area contributed by atoms with Crippen molar-refractivity contribution in [2.24, 2.45) is 17.8 Å². The first-order chi connectivity index (χ1) is 11.6. The summed E-state index contributed by atoms with van der Waals surface area (Å²) in [4.78, 5) is 17.9. The van der Waals surface area contributed by atoms with Crippen LogP contribution in [0.1, 0.15) is 38.7 Å². The Morgan fingerprint density at radius 3 is 2.62 bits per heavy atom. The summed E-state index contributed by atoms with van der Waals surface area (Å²) in [6.07, 6.45) is 4.56. The fraction of sp³-hybridized carbons (Fsp3) is 0.667. The van der Waals surface area contributed by atoms with Gasteiger partial charge in [-0.15, -0.1) is 0 Å². The zero-order valence-corrected chi connectivity index (χ0v) is 15.4. The van der Waals surface area contributed by atoms with Crippen LogP contribution >= 0.6 is 0 Å². The van der Waals surface area contributed by atoms with Gasteiger partial charge in [-0.2, -0.15) is 0 Å². The zero-order valence-electron chi connectivity index (χ0n) is 15.4. The van der Waals surface area contributed by atoms with Gasteiger partial charge in [0.2, 0.25) is 5.91 Å². The first-order valence-electron chi connectivity index (χ1n) is 9.59. The number of likely N-dealkylation sites (tertiary alicyclic amines) is 2. The lowest BCUT2D eigenvalue weighted by Crippen LogP contribution is -2.55. The second-order valence-corrected chi connectivity index (χ2v) is 8.06. The van der Waals surface area contributed by atoms with Crippen LogP contribution < -0.4 is 0 Å². The first-order valence-corrected chi connectivity index (χ1v) is 9.59. The molecule has 0 aliphatic carbocycles. The molecule has 0 bridgehead atoms. The summed E-state index contributed by atoms with van der Waals surface area (Å²) in [7, 11) is 2.25. The molecule has 0 aromatic heterocycles. The summed E-state index contributed by atoms with van der Waals surface area (Å²) in [5.41, 5.74) is 1.27. The van der Waals surface area contributed by atoms with Crippen LogP contribution in [0, 0.1) is 17.8 Å². The fourth-order valence-corrected chi connectivity index (χ4v) is 4.56. The standard InChI is InChI=1S/C21H32N2O/c1-16(2)19(14-17-8-5-4-6-9-17)21(24)23-13-11-20-18(15-23)10-7-12-22(20)3/h4-6,8-9,16,18-20H,7,10-15H2,1-3H3. The number of hydrogen-bond donors (Lipinski definition) is 0. The SMILES string of the molecule is CC(C)C(Cc1ccccc1)C(=O)N1CCC2C(CCCN2C)C1. The van der Waals surface area contributed by atoms with Crippen LogP contribution in [0.3, 0.4) is 0 Å². The molecule has 3 heteroatoms. The van der Waals surface area contributed by atoms with Gasteiger partial charge in [0.05, 0.1) is 0 Å². The molecule has 0 spiro atoms. The minimum absolute atomic E-state index is 0.102. The smallest absolute Gasteiger partial charge is 0.226 e. The molecule has 2 fully saturated rings. The highest BCUT2D eigenvalue weighted by atomic mass is 16.2. The Labute approximate surface area is 147 Å². The lowest BCUT2D eigenvalue weighted by Gasteiger charge is -2.46. The Morgan fingerprint density at radius 1 is 1.17 bits per heavy atom. The molecule has 132 valence electrons. The van der Waals surface area contributed by atoms with Crippen LogP contribution in [0.5, 0.6) is 0 Å². The number of carbonyl (C=O) groups is 1. The number of rotatable bonds is 4. The molecule has 0 saturated carbocycles. The molecule has 1 aromatic carbocycles. The highest BCUT2D eigenvalue weighted by molar-refractivity contribution is 5.79.